The van der Waals surface area contributed by atoms with E-state index in [1.54, 1.807) is 0 Å². The summed E-state index contributed by atoms with van der Waals surface area (Å²) in [4.78, 5) is 16.4. The summed E-state index contributed by atoms with van der Waals surface area (Å²) in [7, 11) is 0. The smallest absolute Gasteiger partial charge is 0.164 e. The normalized spacial score (nSPS) is 11.9. The molecule has 13 aromatic rings. The summed E-state index contributed by atoms with van der Waals surface area (Å²) in [5, 5.41) is 11.6. The molecule has 0 atom stereocenters. The number of hydrogen-bond donors (Lipinski definition) is 0. The topological polar surface area (TPSA) is 48.5 Å². The van der Waals surface area contributed by atoms with Crippen LogP contribution in [0.4, 0.5) is 0 Å². The SMILES string of the molecule is c1ccc(-n2c3ccccc3c3c(-c4nc(-c5cccc6ccccc56)nc(-c5cc6c(c7ccccc57)c5c7ccccc7ccc5n6-c5ccccc5)n4)cccc32)cc1. The molecule has 0 radical (unpaired) electrons. The van der Waals surface area contributed by atoms with Crippen molar-refractivity contribution in [2.24, 2.45) is 0 Å². The van der Waals surface area contributed by atoms with Crippen molar-refractivity contribution in [1.29, 1.82) is 0 Å². The lowest BCUT2D eigenvalue weighted by atomic mass is 9.96. The minimum atomic E-state index is 0.620. The number of para-hydroxylation sites is 3. The summed E-state index contributed by atoms with van der Waals surface area (Å²) in [5.41, 5.74) is 9.53. The lowest BCUT2D eigenvalue weighted by Crippen LogP contribution is -2.02. The fraction of sp³-hybridized carbons (Fsp3) is 0. The van der Waals surface area contributed by atoms with Crippen LogP contribution < -0.4 is 0 Å². The highest BCUT2D eigenvalue weighted by Crippen LogP contribution is 2.45. The second-order valence-electron chi connectivity index (χ2n) is 15.9. The first-order valence-corrected chi connectivity index (χ1v) is 21.0. The van der Waals surface area contributed by atoms with Crippen LogP contribution in [-0.4, -0.2) is 24.1 Å². The van der Waals surface area contributed by atoms with E-state index >= 15 is 0 Å². The van der Waals surface area contributed by atoms with E-state index in [2.05, 4.69) is 221 Å². The zero-order valence-corrected chi connectivity index (χ0v) is 33.4. The Morgan fingerprint density at radius 2 is 0.726 bits per heavy atom. The van der Waals surface area contributed by atoms with Gasteiger partial charge in [0.25, 0.3) is 0 Å². The molecular formula is C57H35N5. The molecule has 0 aliphatic carbocycles. The van der Waals surface area contributed by atoms with Gasteiger partial charge in [-0.3, -0.25) is 0 Å². The Morgan fingerprint density at radius 3 is 1.47 bits per heavy atom. The summed E-state index contributed by atoms with van der Waals surface area (Å²) in [6.45, 7) is 0. The van der Waals surface area contributed by atoms with E-state index in [0.717, 1.165) is 82.4 Å². The third-order valence-electron chi connectivity index (χ3n) is 12.5. The minimum Gasteiger partial charge on any atom is -0.309 e. The van der Waals surface area contributed by atoms with Crippen molar-refractivity contribution >= 4 is 75.9 Å². The van der Waals surface area contributed by atoms with E-state index in [4.69, 9.17) is 15.0 Å². The third-order valence-corrected chi connectivity index (χ3v) is 12.5. The van der Waals surface area contributed by atoms with E-state index in [0.29, 0.717) is 17.5 Å². The first kappa shape index (κ1) is 34.5. The van der Waals surface area contributed by atoms with Gasteiger partial charge in [-0.1, -0.05) is 164 Å². The lowest BCUT2D eigenvalue weighted by Gasteiger charge is -2.14. The van der Waals surface area contributed by atoms with Crippen LogP contribution in [0.1, 0.15) is 0 Å². The van der Waals surface area contributed by atoms with Crippen molar-refractivity contribution in [2.75, 3.05) is 0 Å². The van der Waals surface area contributed by atoms with Crippen molar-refractivity contribution in [3.05, 3.63) is 212 Å². The van der Waals surface area contributed by atoms with Crippen molar-refractivity contribution in [2.45, 2.75) is 0 Å². The second-order valence-corrected chi connectivity index (χ2v) is 15.9. The highest BCUT2D eigenvalue weighted by molar-refractivity contribution is 6.30. The maximum atomic E-state index is 5.54. The molecule has 0 aliphatic heterocycles. The predicted octanol–water partition coefficient (Wildman–Crippen LogP) is 14.5. The Morgan fingerprint density at radius 1 is 0.258 bits per heavy atom. The van der Waals surface area contributed by atoms with Gasteiger partial charge in [-0.2, -0.15) is 0 Å². The molecule has 0 saturated carbocycles. The number of hydrogen-bond acceptors (Lipinski definition) is 3. The molecule has 0 unspecified atom stereocenters. The molecule has 3 aromatic heterocycles. The van der Waals surface area contributed by atoms with E-state index in [1.807, 2.05) is 0 Å². The van der Waals surface area contributed by atoms with Crippen LogP contribution in [0.5, 0.6) is 0 Å². The first-order valence-electron chi connectivity index (χ1n) is 21.0. The number of nitrogens with zero attached hydrogens (tertiary/aromatic N) is 5. The summed E-state index contributed by atoms with van der Waals surface area (Å²) >= 11 is 0. The van der Waals surface area contributed by atoms with Crippen LogP contribution in [-0.2, 0) is 0 Å². The van der Waals surface area contributed by atoms with Crippen molar-refractivity contribution < 1.29 is 0 Å². The minimum absolute atomic E-state index is 0.620. The number of fused-ring (bicyclic) bond motifs is 11. The van der Waals surface area contributed by atoms with Gasteiger partial charge in [-0.15, -0.1) is 0 Å². The number of aromatic nitrogens is 5. The Labute approximate surface area is 356 Å². The predicted molar refractivity (Wildman–Crippen MR) is 257 cm³/mol. The van der Waals surface area contributed by atoms with Gasteiger partial charge in [0.1, 0.15) is 0 Å². The molecule has 62 heavy (non-hydrogen) atoms. The van der Waals surface area contributed by atoms with Gasteiger partial charge in [-0.25, -0.2) is 15.0 Å². The van der Waals surface area contributed by atoms with E-state index < -0.39 is 0 Å². The molecule has 0 N–H and O–H groups in total. The van der Waals surface area contributed by atoms with E-state index in [9.17, 15) is 0 Å². The summed E-state index contributed by atoms with van der Waals surface area (Å²) in [6.07, 6.45) is 0. The highest BCUT2D eigenvalue weighted by Gasteiger charge is 2.24. The third kappa shape index (κ3) is 5.12. The first-order chi connectivity index (χ1) is 30.8. The van der Waals surface area contributed by atoms with Gasteiger partial charge < -0.3 is 9.13 Å². The molecule has 0 spiro atoms. The molecule has 5 nitrogen and oxygen atoms in total. The molecule has 3 heterocycles. The van der Waals surface area contributed by atoms with Gasteiger partial charge in [0.2, 0.25) is 0 Å². The van der Waals surface area contributed by atoms with Gasteiger partial charge >= 0.3 is 0 Å². The van der Waals surface area contributed by atoms with Crippen LogP contribution >= 0.6 is 0 Å². The Bertz CT molecular complexity index is 3910. The average molecular weight is 790 g/mol. The van der Waals surface area contributed by atoms with Gasteiger partial charge in [0, 0.05) is 49.6 Å². The molecule has 0 saturated heterocycles. The molecule has 0 fully saturated rings. The molecular weight excluding hydrogens is 755 g/mol. The zero-order chi connectivity index (χ0) is 40.7. The average Bonchev–Trinajstić information content (AvgIpc) is 3.87. The molecule has 0 aliphatic rings. The Balaban J connectivity index is 1.16. The van der Waals surface area contributed by atoms with Crippen molar-refractivity contribution in [3.8, 4) is 45.5 Å². The maximum Gasteiger partial charge on any atom is 0.164 e. The van der Waals surface area contributed by atoms with Gasteiger partial charge in [0.15, 0.2) is 17.5 Å². The quantitative estimate of drug-likeness (QED) is 0.174. The van der Waals surface area contributed by atoms with Gasteiger partial charge in [0.05, 0.1) is 22.1 Å². The fourth-order valence-electron chi connectivity index (χ4n) is 9.90. The summed E-state index contributed by atoms with van der Waals surface area (Å²) in [5.74, 6) is 1.87. The highest BCUT2D eigenvalue weighted by atomic mass is 15.0. The zero-order valence-electron chi connectivity index (χ0n) is 33.4. The number of rotatable bonds is 5. The van der Waals surface area contributed by atoms with E-state index in [-0.39, 0.29) is 0 Å². The Kier molecular flexibility index (Phi) is 7.54. The van der Waals surface area contributed by atoms with Crippen LogP contribution in [0, 0.1) is 0 Å². The number of benzene rings is 10. The molecule has 0 bridgehead atoms. The molecule has 0 amide bonds. The van der Waals surface area contributed by atoms with Crippen LogP contribution in [0.2, 0.25) is 0 Å². The van der Waals surface area contributed by atoms with Crippen LogP contribution in [0.15, 0.2) is 212 Å². The largest absolute Gasteiger partial charge is 0.309 e. The molecule has 5 heteroatoms. The van der Waals surface area contributed by atoms with Crippen LogP contribution in [0.25, 0.3) is 121 Å². The lowest BCUT2D eigenvalue weighted by molar-refractivity contribution is 1.08. The summed E-state index contributed by atoms with van der Waals surface area (Å²) < 4.78 is 4.75. The summed E-state index contributed by atoms with van der Waals surface area (Å²) in [6, 6.07) is 75.5. The molecule has 13 rings (SSSR count). The standard InChI is InChI=1S/C57H35N5/c1-3-20-38(21-4-1)61-48-31-14-13-28-45(48)52-46(30-16-32-49(52)61)56-58-55(44-29-15-19-36-17-7-9-24-40(36)44)59-57(60-56)47-35-51-54(43-27-12-11-26-42(43)47)53-41-25-10-8-18-37(41)33-34-50(53)62(51)39-22-5-2-6-23-39/h1-35H. The van der Waals surface area contributed by atoms with Crippen molar-refractivity contribution in [3.63, 3.8) is 0 Å². The monoisotopic (exact) mass is 789 g/mol. The fourth-order valence-corrected chi connectivity index (χ4v) is 9.90. The van der Waals surface area contributed by atoms with Gasteiger partial charge in [-0.05, 0) is 80.8 Å². The second kappa shape index (κ2) is 13.6. The van der Waals surface area contributed by atoms with Crippen molar-refractivity contribution in [1.82, 2.24) is 24.1 Å². The maximum absolute atomic E-state index is 5.54. The van der Waals surface area contributed by atoms with Crippen LogP contribution in [0.3, 0.4) is 0 Å². The van der Waals surface area contributed by atoms with E-state index in [1.165, 1.54) is 21.5 Å². The molecule has 10 aromatic carbocycles. The molecule has 288 valence electrons. The Hall–Kier alpha value is -8.41.